The Morgan fingerprint density at radius 2 is 1.81 bits per heavy atom. The lowest BCUT2D eigenvalue weighted by Crippen LogP contribution is -2.09. The van der Waals surface area contributed by atoms with Crippen molar-refractivity contribution in [3.05, 3.63) is 27.3 Å². The molecule has 3 nitrogen and oxygen atoms in total. The highest BCUT2D eigenvalue weighted by Gasteiger charge is 2.21. The third-order valence-electron chi connectivity index (χ3n) is 2.67. The Kier molecular flexibility index (Phi) is 3.81. The fraction of sp³-hybridized carbons (Fsp3) is 0.417. The Labute approximate surface area is 100.0 Å². The van der Waals surface area contributed by atoms with Crippen LogP contribution < -0.4 is 0 Å². The van der Waals surface area contributed by atoms with Gasteiger partial charge in [0.15, 0.2) is 0 Å². The molecule has 0 fully saturated rings. The van der Waals surface area contributed by atoms with Crippen LogP contribution in [0.2, 0.25) is 5.02 Å². The van der Waals surface area contributed by atoms with Crippen molar-refractivity contribution >= 4 is 17.6 Å². The van der Waals surface area contributed by atoms with Gasteiger partial charge in [-0.3, -0.25) is 0 Å². The van der Waals surface area contributed by atoms with Gasteiger partial charge in [0.2, 0.25) is 0 Å². The highest BCUT2D eigenvalue weighted by Crippen LogP contribution is 2.35. The molecule has 0 heterocycles. The third kappa shape index (κ3) is 2.00. The summed E-state index contributed by atoms with van der Waals surface area (Å²) in [6.07, 6.45) is 0. The van der Waals surface area contributed by atoms with E-state index in [2.05, 4.69) is 0 Å². The first kappa shape index (κ1) is 12.8. The second-order valence-corrected chi connectivity index (χ2v) is 4.01. The van der Waals surface area contributed by atoms with Gasteiger partial charge < -0.3 is 9.84 Å². The first-order valence-electron chi connectivity index (χ1n) is 5.07. The van der Waals surface area contributed by atoms with E-state index in [9.17, 15) is 9.90 Å². The standard InChI is InChI=1S/C12H15ClO3/c1-5-16-12(15)9-8(4)10(13)6(2)7(3)11(9)14/h14H,5H2,1-4H3. The summed E-state index contributed by atoms with van der Waals surface area (Å²) in [5, 5.41) is 10.4. The molecule has 0 unspecified atom stereocenters. The van der Waals surface area contributed by atoms with Crippen LogP contribution in [0, 0.1) is 20.8 Å². The molecular formula is C12H15ClO3. The largest absolute Gasteiger partial charge is 0.507 e. The fourth-order valence-corrected chi connectivity index (χ4v) is 1.79. The van der Waals surface area contributed by atoms with Gasteiger partial charge in [0, 0.05) is 5.02 Å². The lowest BCUT2D eigenvalue weighted by molar-refractivity contribution is 0.0522. The average molecular weight is 243 g/mol. The molecule has 0 amide bonds. The Bertz CT molecular complexity index is 409. The molecule has 4 heteroatoms. The number of esters is 1. The molecule has 0 aliphatic carbocycles. The van der Waals surface area contributed by atoms with Crippen LogP contribution in [0.5, 0.6) is 5.75 Å². The van der Waals surface area contributed by atoms with Crippen LogP contribution in [0.1, 0.15) is 34.0 Å². The minimum atomic E-state index is -0.539. The molecule has 0 atom stereocenters. The van der Waals surface area contributed by atoms with Gasteiger partial charge in [0.05, 0.1) is 6.61 Å². The van der Waals surface area contributed by atoms with Gasteiger partial charge >= 0.3 is 5.97 Å². The number of carbonyl (C=O) groups excluding carboxylic acids is 1. The van der Waals surface area contributed by atoms with E-state index in [-0.39, 0.29) is 17.9 Å². The molecule has 0 spiro atoms. The van der Waals surface area contributed by atoms with Crippen molar-refractivity contribution in [3.8, 4) is 5.75 Å². The molecule has 1 aromatic rings. The Morgan fingerprint density at radius 1 is 1.25 bits per heavy atom. The second-order valence-electron chi connectivity index (χ2n) is 3.63. The lowest BCUT2D eigenvalue weighted by atomic mass is 9.99. The SMILES string of the molecule is CCOC(=O)c1c(C)c(Cl)c(C)c(C)c1O. The molecule has 0 aromatic heterocycles. The number of halogens is 1. The molecule has 0 radical (unpaired) electrons. The lowest BCUT2D eigenvalue weighted by Gasteiger charge is -2.14. The van der Waals surface area contributed by atoms with Gasteiger partial charge in [0.25, 0.3) is 0 Å². The number of aromatic hydroxyl groups is 1. The topological polar surface area (TPSA) is 46.5 Å². The molecule has 1 aromatic carbocycles. The normalized spacial score (nSPS) is 10.3. The monoisotopic (exact) mass is 242 g/mol. The Balaban J connectivity index is 3.45. The van der Waals surface area contributed by atoms with E-state index >= 15 is 0 Å². The van der Waals surface area contributed by atoms with E-state index in [0.717, 1.165) is 5.56 Å². The summed E-state index contributed by atoms with van der Waals surface area (Å²) < 4.78 is 4.88. The number of ether oxygens (including phenoxy) is 1. The highest BCUT2D eigenvalue weighted by molar-refractivity contribution is 6.32. The van der Waals surface area contributed by atoms with Crippen molar-refractivity contribution in [2.24, 2.45) is 0 Å². The molecule has 1 N–H and O–H groups in total. The van der Waals surface area contributed by atoms with Crippen LogP contribution in [0.3, 0.4) is 0 Å². The smallest absolute Gasteiger partial charge is 0.342 e. The number of benzene rings is 1. The predicted octanol–water partition coefficient (Wildman–Crippen LogP) is 3.15. The van der Waals surface area contributed by atoms with E-state index in [0.29, 0.717) is 16.1 Å². The van der Waals surface area contributed by atoms with Gasteiger partial charge in [-0.1, -0.05) is 11.6 Å². The van der Waals surface area contributed by atoms with E-state index in [4.69, 9.17) is 16.3 Å². The number of rotatable bonds is 2. The summed E-state index contributed by atoms with van der Waals surface area (Å²) in [6.45, 7) is 7.20. The fourth-order valence-electron chi connectivity index (χ4n) is 1.55. The summed E-state index contributed by atoms with van der Waals surface area (Å²) >= 11 is 6.09. The molecule has 0 bridgehead atoms. The van der Waals surface area contributed by atoms with Crippen LogP contribution in [-0.2, 0) is 4.74 Å². The maximum absolute atomic E-state index is 11.7. The number of hydrogen-bond donors (Lipinski definition) is 1. The molecular weight excluding hydrogens is 228 g/mol. The molecule has 16 heavy (non-hydrogen) atoms. The second kappa shape index (κ2) is 4.74. The van der Waals surface area contributed by atoms with Crippen molar-refractivity contribution in [3.63, 3.8) is 0 Å². The molecule has 0 saturated carbocycles. The van der Waals surface area contributed by atoms with Crippen molar-refractivity contribution in [2.75, 3.05) is 6.61 Å². The molecule has 88 valence electrons. The summed E-state index contributed by atoms with van der Waals surface area (Å²) in [7, 11) is 0. The van der Waals surface area contributed by atoms with Crippen LogP contribution in [-0.4, -0.2) is 17.7 Å². The third-order valence-corrected chi connectivity index (χ3v) is 3.23. The van der Waals surface area contributed by atoms with Crippen LogP contribution >= 0.6 is 11.6 Å². The molecule has 0 aliphatic heterocycles. The first-order chi connectivity index (χ1) is 7.41. The minimum absolute atomic E-state index is 0.0437. The average Bonchev–Trinajstić information content (AvgIpc) is 2.24. The van der Waals surface area contributed by atoms with Gasteiger partial charge in [0.1, 0.15) is 11.3 Å². The summed E-state index contributed by atoms with van der Waals surface area (Å²) in [5.41, 5.74) is 2.11. The van der Waals surface area contributed by atoms with E-state index in [1.165, 1.54) is 0 Å². The van der Waals surface area contributed by atoms with Crippen LogP contribution in [0.15, 0.2) is 0 Å². The summed E-state index contributed by atoms with van der Waals surface area (Å²) in [4.78, 5) is 11.7. The molecule has 0 aliphatic rings. The maximum atomic E-state index is 11.7. The maximum Gasteiger partial charge on any atom is 0.342 e. The zero-order valence-electron chi connectivity index (χ0n) is 9.85. The minimum Gasteiger partial charge on any atom is -0.507 e. The van der Waals surface area contributed by atoms with Gasteiger partial charge in [-0.2, -0.15) is 0 Å². The Morgan fingerprint density at radius 3 is 2.31 bits per heavy atom. The number of phenols is 1. The highest BCUT2D eigenvalue weighted by atomic mass is 35.5. The molecule has 1 rings (SSSR count). The molecule has 0 saturated heterocycles. The zero-order chi connectivity index (χ0) is 12.5. The number of hydrogen-bond acceptors (Lipinski definition) is 3. The van der Waals surface area contributed by atoms with Crippen molar-refractivity contribution in [2.45, 2.75) is 27.7 Å². The van der Waals surface area contributed by atoms with E-state index in [1.807, 2.05) is 0 Å². The van der Waals surface area contributed by atoms with Gasteiger partial charge in [-0.15, -0.1) is 0 Å². The van der Waals surface area contributed by atoms with Crippen LogP contribution in [0.4, 0.5) is 0 Å². The van der Waals surface area contributed by atoms with Crippen molar-refractivity contribution in [1.82, 2.24) is 0 Å². The predicted molar refractivity (Wildman–Crippen MR) is 63.3 cm³/mol. The van der Waals surface area contributed by atoms with E-state index in [1.54, 1.807) is 27.7 Å². The van der Waals surface area contributed by atoms with Crippen LogP contribution in [0.25, 0.3) is 0 Å². The summed E-state index contributed by atoms with van der Waals surface area (Å²) in [5.74, 6) is -0.583. The Hall–Kier alpha value is -1.22. The van der Waals surface area contributed by atoms with Crippen molar-refractivity contribution < 1.29 is 14.6 Å². The van der Waals surface area contributed by atoms with Gasteiger partial charge in [-0.25, -0.2) is 4.79 Å². The number of phenolic OH excluding ortho intramolecular Hbond substituents is 1. The quantitative estimate of drug-likeness (QED) is 0.811. The van der Waals surface area contributed by atoms with Crippen molar-refractivity contribution in [1.29, 1.82) is 0 Å². The zero-order valence-corrected chi connectivity index (χ0v) is 10.6. The van der Waals surface area contributed by atoms with Gasteiger partial charge in [-0.05, 0) is 44.4 Å². The summed E-state index contributed by atoms with van der Waals surface area (Å²) in [6, 6.07) is 0. The number of carbonyl (C=O) groups is 1. The first-order valence-corrected chi connectivity index (χ1v) is 5.44. The van der Waals surface area contributed by atoms with E-state index < -0.39 is 5.97 Å².